The Morgan fingerprint density at radius 3 is 2.60 bits per heavy atom. The van der Waals surface area contributed by atoms with Crippen LogP contribution in [0.4, 0.5) is 20.2 Å². The zero-order valence-corrected chi connectivity index (χ0v) is 10.7. The first-order valence-electron chi connectivity index (χ1n) is 6.09. The summed E-state index contributed by atoms with van der Waals surface area (Å²) in [5.41, 5.74) is 3.88. The van der Waals surface area contributed by atoms with Gasteiger partial charge in [-0.2, -0.15) is 0 Å². The van der Waals surface area contributed by atoms with Crippen molar-refractivity contribution in [1.82, 2.24) is 0 Å². The number of nitro groups is 1. The van der Waals surface area contributed by atoms with Crippen LogP contribution in [-0.2, 0) is 4.79 Å². The molecule has 8 heteroatoms. The number of unbranched alkanes of at least 4 members (excludes halogenated alkanes) is 2. The number of halogens is 2. The van der Waals surface area contributed by atoms with Gasteiger partial charge in [0.25, 0.3) is 5.69 Å². The van der Waals surface area contributed by atoms with Crippen LogP contribution in [0, 0.1) is 21.7 Å². The highest BCUT2D eigenvalue weighted by Crippen LogP contribution is 2.28. The fourth-order valence-electron chi connectivity index (χ4n) is 1.64. The number of rotatable bonds is 7. The molecule has 1 amide bonds. The number of carbonyl (C=O) groups is 1. The van der Waals surface area contributed by atoms with E-state index in [0.29, 0.717) is 25.1 Å². The molecule has 3 N–H and O–H groups in total. The molecule has 0 bridgehead atoms. The second-order valence-electron chi connectivity index (χ2n) is 4.19. The highest BCUT2D eigenvalue weighted by molar-refractivity contribution is 5.93. The highest BCUT2D eigenvalue weighted by Gasteiger charge is 2.22. The normalized spacial score (nSPS) is 10.3. The molecule has 0 atom stereocenters. The quantitative estimate of drug-likeness (QED) is 0.457. The molecule has 0 aliphatic carbocycles. The molecule has 110 valence electrons. The van der Waals surface area contributed by atoms with Crippen molar-refractivity contribution in [1.29, 1.82) is 0 Å². The molecule has 1 aromatic rings. The highest BCUT2D eigenvalue weighted by atomic mass is 19.1. The van der Waals surface area contributed by atoms with Gasteiger partial charge in [-0.15, -0.1) is 0 Å². The summed E-state index contributed by atoms with van der Waals surface area (Å²) in [5, 5.41) is 12.8. The molecular weight excluding hydrogens is 272 g/mol. The van der Waals surface area contributed by atoms with Crippen molar-refractivity contribution in [3.8, 4) is 0 Å². The molecule has 0 fully saturated rings. The Hall–Kier alpha value is -2.09. The van der Waals surface area contributed by atoms with E-state index in [9.17, 15) is 23.7 Å². The van der Waals surface area contributed by atoms with E-state index in [1.54, 1.807) is 0 Å². The maximum atomic E-state index is 13.5. The first-order valence-corrected chi connectivity index (χ1v) is 6.09. The lowest BCUT2D eigenvalue weighted by atomic mass is 10.2. The fourth-order valence-corrected chi connectivity index (χ4v) is 1.64. The molecule has 1 aromatic carbocycles. The Bertz CT molecular complexity index is 509. The molecule has 0 aliphatic rings. The number of nitrogens with two attached hydrogens (primary N) is 1. The van der Waals surface area contributed by atoms with Gasteiger partial charge in [0.2, 0.25) is 5.91 Å². The van der Waals surface area contributed by atoms with Crippen molar-refractivity contribution in [2.45, 2.75) is 25.7 Å². The van der Waals surface area contributed by atoms with E-state index in [4.69, 9.17) is 5.73 Å². The number of nitrogens with one attached hydrogen (secondary N) is 1. The minimum absolute atomic E-state index is 0.0912. The van der Waals surface area contributed by atoms with E-state index in [-0.39, 0.29) is 6.42 Å². The van der Waals surface area contributed by atoms with Gasteiger partial charge in [-0.25, -0.2) is 8.78 Å². The predicted octanol–water partition coefficient (Wildman–Crippen LogP) is 2.33. The number of carbonyl (C=O) groups excluding carboxylic acids is 1. The van der Waals surface area contributed by atoms with Crippen molar-refractivity contribution in [2.24, 2.45) is 5.73 Å². The number of hydrogen-bond donors (Lipinski definition) is 2. The number of amides is 1. The smallest absolute Gasteiger partial charge is 0.298 e. The summed E-state index contributed by atoms with van der Waals surface area (Å²) in [6.45, 7) is 0.514. The maximum Gasteiger partial charge on any atom is 0.298 e. The predicted molar refractivity (Wildman–Crippen MR) is 69.2 cm³/mol. The monoisotopic (exact) mass is 287 g/mol. The molecule has 0 saturated carbocycles. The summed E-state index contributed by atoms with van der Waals surface area (Å²) in [5.74, 6) is -2.81. The van der Waals surface area contributed by atoms with Crippen molar-refractivity contribution in [3.63, 3.8) is 0 Å². The summed E-state index contributed by atoms with van der Waals surface area (Å²) in [6, 6.07) is 1.05. The van der Waals surface area contributed by atoms with Gasteiger partial charge in [0.05, 0.1) is 11.0 Å². The van der Waals surface area contributed by atoms with E-state index in [1.807, 2.05) is 0 Å². The van der Waals surface area contributed by atoms with Gasteiger partial charge < -0.3 is 11.1 Å². The number of hydrogen-bond acceptors (Lipinski definition) is 4. The van der Waals surface area contributed by atoms with E-state index in [1.165, 1.54) is 0 Å². The first kappa shape index (κ1) is 16.0. The van der Waals surface area contributed by atoms with Crippen molar-refractivity contribution in [3.05, 3.63) is 33.9 Å². The number of nitrogens with zero attached hydrogens (tertiary/aromatic N) is 1. The third-order valence-corrected chi connectivity index (χ3v) is 2.60. The number of anilines is 1. The van der Waals surface area contributed by atoms with Crippen LogP contribution in [0.5, 0.6) is 0 Å². The Morgan fingerprint density at radius 2 is 2.00 bits per heavy atom. The Labute approximate surface area is 114 Å². The lowest BCUT2D eigenvalue weighted by Gasteiger charge is -2.07. The van der Waals surface area contributed by atoms with Crippen LogP contribution in [0.15, 0.2) is 12.1 Å². The molecular formula is C12H15F2N3O3. The molecule has 6 nitrogen and oxygen atoms in total. The van der Waals surface area contributed by atoms with Crippen LogP contribution in [-0.4, -0.2) is 17.4 Å². The van der Waals surface area contributed by atoms with Crippen molar-refractivity contribution in [2.75, 3.05) is 11.9 Å². The van der Waals surface area contributed by atoms with Crippen LogP contribution >= 0.6 is 0 Å². The molecule has 0 spiro atoms. The second kappa shape index (κ2) is 7.49. The average molecular weight is 287 g/mol. The van der Waals surface area contributed by atoms with E-state index in [0.717, 1.165) is 12.8 Å². The molecule has 0 saturated heterocycles. The first-order chi connectivity index (χ1) is 9.45. The summed E-state index contributed by atoms with van der Waals surface area (Å²) >= 11 is 0. The fraction of sp³-hybridized carbons (Fsp3) is 0.417. The van der Waals surface area contributed by atoms with E-state index in [2.05, 4.69) is 5.32 Å². The van der Waals surface area contributed by atoms with Crippen LogP contribution in [0.2, 0.25) is 0 Å². The lowest BCUT2D eigenvalue weighted by molar-refractivity contribution is -0.384. The third-order valence-electron chi connectivity index (χ3n) is 2.60. The second-order valence-corrected chi connectivity index (χ2v) is 4.19. The number of benzene rings is 1. The molecule has 0 aromatic heterocycles. The SMILES string of the molecule is NCCCCCC(=O)Nc1c(F)cc(F)cc1[N+](=O)[O-]. The Kier molecular flexibility index (Phi) is 5.98. The summed E-state index contributed by atoms with van der Waals surface area (Å²) < 4.78 is 26.4. The molecule has 0 aliphatic heterocycles. The van der Waals surface area contributed by atoms with Crippen molar-refractivity contribution < 1.29 is 18.5 Å². The molecule has 20 heavy (non-hydrogen) atoms. The topological polar surface area (TPSA) is 98.3 Å². The van der Waals surface area contributed by atoms with Crippen molar-refractivity contribution >= 4 is 17.3 Å². The zero-order valence-electron chi connectivity index (χ0n) is 10.7. The lowest BCUT2D eigenvalue weighted by Crippen LogP contribution is -2.14. The van der Waals surface area contributed by atoms with Gasteiger partial charge in [0, 0.05) is 12.5 Å². The molecule has 0 heterocycles. The van der Waals surface area contributed by atoms with Gasteiger partial charge in [0.1, 0.15) is 5.82 Å². The summed E-state index contributed by atoms with van der Waals surface area (Å²) in [7, 11) is 0. The summed E-state index contributed by atoms with van der Waals surface area (Å²) in [4.78, 5) is 21.3. The maximum absolute atomic E-state index is 13.5. The molecule has 1 rings (SSSR count). The van der Waals surface area contributed by atoms with Crippen LogP contribution in [0.3, 0.4) is 0 Å². The zero-order chi connectivity index (χ0) is 15.1. The van der Waals surface area contributed by atoms with Gasteiger partial charge in [0.15, 0.2) is 11.5 Å². The van der Waals surface area contributed by atoms with Gasteiger partial charge >= 0.3 is 0 Å². The van der Waals surface area contributed by atoms with Gasteiger partial charge in [-0.05, 0) is 19.4 Å². The Balaban J connectivity index is 2.76. The van der Waals surface area contributed by atoms with Gasteiger partial charge in [-0.1, -0.05) is 6.42 Å². The Morgan fingerprint density at radius 1 is 1.30 bits per heavy atom. The average Bonchev–Trinajstić information content (AvgIpc) is 2.37. The van der Waals surface area contributed by atoms with Crippen LogP contribution < -0.4 is 11.1 Å². The molecule has 0 unspecified atom stereocenters. The van der Waals surface area contributed by atoms with Crippen LogP contribution in [0.1, 0.15) is 25.7 Å². The van der Waals surface area contributed by atoms with E-state index < -0.39 is 33.8 Å². The molecule has 0 radical (unpaired) electrons. The third kappa shape index (κ3) is 4.54. The minimum Gasteiger partial charge on any atom is -0.330 e. The largest absolute Gasteiger partial charge is 0.330 e. The van der Waals surface area contributed by atoms with Crippen LogP contribution in [0.25, 0.3) is 0 Å². The minimum atomic E-state index is -1.17. The summed E-state index contributed by atoms with van der Waals surface area (Å²) in [6.07, 6.45) is 2.13. The number of nitro benzene ring substituents is 1. The van der Waals surface area contributed by atoms with E-state index >= 15 is 0 Å². The standard InChI is InChI=1S/C12H15F2N3O3/c13-8-6-9(14)12(10(7-8)17(19)20)16-11(18)4-2-1-3-5-15/h6-7H,1-5,15H2,(H,16,18). The van der Waals surface area contributed by atoms with Gasteiger partial charge in [-0.3, -0.25) is 14.9 Å².